The summed E-state index contributed by atoms with van der Waals surface area (Å²) in [6.45, 7) is 8.29. The fourth-order valence-corrected chi connectivity index (χ4v) is 2.07. The van der Waals surface area contributed by atoms with E-state index in [0.717, 1.165) is 11.3 Å². The lowest BCUT2D eigenvalue weighted by Gasteiger charge is -2.13. The van der Waals surface area contributed by atoms with Crippen LogP contribution < -0.4 is 4.74 Å². The van der Waals surface area contributed by atoms with Crippen molar-refractivity contribution >= 4 is 0 Å². The molecule has 0 fully saturated rings. The third kappa shape index (κ3) is 3.82. The average molecular weight is 285 g/mol. The molecule has 1 unspecified atom stereocenters. The number of nitrogens with zero attached hydrogens (tertiary/aromatic N) is 1. The second-order valence-electron chi connectivity index (χ2n) is 5.62. The van der Waals surface area contributed by atoms with E-state index in [9.17, 15) is 5.11 Å². The highest BCUT2D eigenvalue weighted by Gasteiger charge is 2.08. The predicted octanol–water partition coefficient (Wildman–Crippen LogP) is 4.75. The molecule has 1 aromatic carbocycles. The predicted molar refractivity (Wildman–Crippen MR) is 84.8 cm³/mol. The monoisotopic (exact) mass is 285 g/mol. The Bertz CT molecular complexity index is 591. The number of aliphatic hydroxyl groups is 1. The van der Waals surface area contributed by atoms with Gasteiger partial charge in [0.2, 0.25) is 0 Å². The Morgan fingerprint density at radius 3 is 2.52 bits per heavy atom. The van der Waals surface area contributed by atoms with Crippen LogP contribution in [0.15, 0.2) is 36.5 Å². The smallest absolute Gasteiger partial charge is 0.145 e. The van der Waals surface area contributed by atoms with Gasteiger partial charge in [0, 0.05) is 0 Å². The van der Waals surface area contributed by atoms with E-state index in [2.05, 4.69) is 37.0 Å². The van der Waals surface area contributed by atoms with E-state index in [0.29, 0.717) is 23.8 Å². The maximum Gasteiger partial charge on any atom is 0.145 e. The number of pyridine rings is 1. The second kappa shape index (κ2) is 6.72. The van der Waals surface area contributed by atoms with E-state index < -0.39 is 6.10 Å². The van der Waals surface area contributed by atoms with Crippen molar-refractivity contribution in [3.8, 4) is 11.5 Å². The van der Waals surface area contributed by atoms with Gasteiger partial charge in [-0.2, -0.15) is 0 Å². The molecule has 0 aliphatic heterocycles. The maximum atomic E-state index is 9.75. The van der Waals surface area contributed by atoms with Crippen LogP contribution in [0.1, 0.15) is 56.0 Å². The normalized spacial score (nSPS) is 12.5. The number of hydrogen-bond donors (Lipinski definition) is 1. The van der Waals surface area contributed by atoms with Crippen molar-refractivity contribution in [2.24, 2.45) is 0 Å². The van der Waals surface area contributed by atoms with Gasteiger partial charge < -0.3 is 9.84 Å². The summed E-state index contributed by atoms with van der Waals surface area (Å²) in [6.07, 6.45) is 1.81. The highest BCUT2D eigenvalue weighted by atomic mass is 16.5. The van der Waals surface area contributed by atoms with Gasteiger partial charge in [0.1, 0.15) is 11.5 Å². The van der Waals surface area contributed by atoms with Crippen LogP contribution in [0.2, 0.25) is 0 Å². The molecule has 0 bridgehead atoms. The largest absolute Gasteiger partial charge is 0.455 e. The minimum Gasteiger partial charge on any atom is -0.455 e. The van der Waals surface area contributed by atoms with Crippen molar-refractivity contribution in [1.82, 2.24) is 4.98 Å². The molecular formula is C18H23NO2. The van der Waals surface area contributed by atoms with E-state index in [1.54, 1.807) is 6.20 Å². The summed E-state index contributed by atoms with van der Waals surface area (Å²) >= 11 is 0. The van der Waals surface area contributed by atoms with E-state index in [1.807, 2.05) is 26.0 Å². The zero-order valence-corrected chi connectivity index (χ0v) is 13.1. The third-order valence-corrected chi connectivity index (χ3v) is 3.59. The molecule has 0 radical (unpaired) electrons. The Hall–Kier alpha value is -1.87. The van der Waals surface area contributed by atoms with Gasteiger partial charge in [-0.15, -0.1) is 0 Å². The van der Waals surface area contributed by atoms with Gasteiger partial charge in [0.25, 0.3) is 0 Å². The minimum absolute atomic E-state index is 0.466. The van der Waals surface area contributed by atoms with Crippen LogP contribution in [-0.2, 0) is 0 Å². The fourth-order valence-electron chi connectivity index (χ4n) is 2.07. The molecule has 112 valence electrons. The van der Waals surface area contributed by atoms with Crippen molar-refractivity contribution < 1.29 is 9.84 Å². The molecule has 1 N–H and O–H groups in total. The first kappa shape index (κ1) is 15.5. The summed E-state index contributed by atoms with van der Waals surface area (Å²) in [5, 5.41) is 9.75. The summed E-state index contributed by atoms with van der Waals surface area (Å²) in [5.41, 5.74) is 3.02. The third-order valence-electron chi connectivity index (χ3n) is 3.59. The van der Waals surface area contributed by atoms with Crippen molar-refractivity contribution in [2.45, 2.75) is 46.1 Å². The quantitative estimate of drug-likeness (QED) is 0.862. The second-order valence-corrected chi connectivity index (χ2v) is 5.62. The van der Waals surface area contributed by atoms with E-state index in [4.69, 9.17) is 4.74 Å². The Morgan fingerprint density at radius 1 is 1.19 bits per heavy atom. The Labute approximate surface area is 126 Å². The fraction of sp³-hybridized carbons (Fsp3) is 0.389. The summed E-state index contributed by atoms with van der Waals surface area (Å²) < 4.78 is 5.92. The first-order valence-corrected chi connectivity index (χ1v) is 7.43. The molecule has 3 nitrogen and oxygen atoms in total. The molecule has 3 heteroatoms. The number of aliphatic hydroxyl groups excluding tert-OH is 1. The SMILES string of the molecule is CCC(O)c1ccc(Oc2cc(C(C)C)ccc2C)cn1. The van der Waals surface area contributed by atoms with E-state index in [1.165, 1.54) is 5.56 Å². The number of benzene rings is 1. The molecule has 0 saturated carbocycles. The molecule has 0 aliphatic rings. The van der Waals surface area contributed by atoms with Crippen LogP contribution in [0.3, 0.4) is 0 Å². The number of aromatic nitrogens is 1. The van der Waals surface area contributed by atoms with Crippen molar-refractivity contribution in [3.05, 3.63) is 53.3 Å². The summed E-state index contributed by atoms with van der Waals surface area (Å²) in [6, 6.07) is 9.95. The lowest BCUT2D eigenvalue weighted by molar-refractivity contribution is 0.169. The molecule has 1 heterocycles. The lowest BCUT2D eigenvalue weighted by Crippen LogP contribution is -1.98. The maximum absolute atomic E-state index is 9.75. The summed E-state index contributed by atoms with van der Waals surface area (Å²) in [7, 11) is 0. The van der Waals surface area contributed by atoms with Gasteiger partial charge in [0.05, 0.1) is 18.0 Å². The van der Waals surface area contributed by atoms with Gasteiger partial charge in [-0.3, -0.25) is 4.98 Å². The molecule has 1 atom stereocenters. The summed E-state index contributed by atoms with van der Waals surface area (Å²) in [4.78, 5) is 4.26. The van der Waals surface area contributed by atoms with Gasteiger partial charge >= 0.3 is 0 Å². The molecular weight excluding hydrogens is 262 g/mol. The number of hydrogen-bond acceptors (Lipinski definition) is 3. The van der Waals surface area contributed by atoms with Gasteiger partial charge in [-0.25, -0.2) is 0 Å². The minimum atomic E-state index is -0.509. The molecule has 0 aliphatic carbocycles. The zero-order chi connectivity index (χ0) is 15.4. The molecule has 2 rings (SSSR count). The van der Waals surface area contributed by atoms with Crippen LogP contribution in [0.4, 0.5) is 0 Å². The van der Waals surface area contributed by atoms with Gasteiger partial charge in [0.15, 0.2) is 0 Å². The van der Waals surface area contributed by atoms with Crippen LogP contribution in [0.5, 0.6) is 11.5 Å². The molecule has 0 saturated heterocycles. The van der Waals surface area contributed by atoms with Crippen molar-refractivity contribution in [2.75, 3.05) is 0 Å². The lowest BCUT2D eigenvalue weighted by atomic mass is 10.0. The van der Waals surface area contributed by atoms with Crippen LogP contribution >= 0.6 is 0 Å². The van der Waals surface area contributed by atoms with Crippen molar-refractivity contribution in [1.29, 1.82) is 0 Å². The van der Waals surface area contributed by atoms with Crippen LogP contribution in [-0.4, -0.2) is 10.1 Å². The van der Waals surface area contributed by atoms with E-state index in [-0.39, 0.29) is 0 Å². The highest BCUT2D eigenvalue weighted by Crippen LogP contribution is 2.29. The molecule has 0 amide bonds. The zero-order valence-electron chi connectivity index (χ0n) is 13.1. The number of ether oxygens (including phenoxy) is 1. The Morgan fingerprint density at radius 2 is 1.95 bits per heavy atom. The molecule has 1 aromatic heterocycles. The van der Waals surface area contributed by atoms with Crippen LogP contribution in [0.25, 0.3) is 0 Å². The Kier molecular flexibility index (Phi) is 4.97. The first-order chi connectivity index (χ1) is 10.0. The average Bonchev–Trinajstić information content (AvgIpc) is 2.49. The number of aryl methyl sites for hydroxylation is 1. The standard InChI is InChI=1S/C18H23NO2/c1-5-17(20)16-9-8-15(11-19-16)21-18-10-14(12(2)3)7-6-13(18)4/h6-12,17,20H,5H2,1-4H3. The van der Waals surface area contributed by atoms with Gasteiger partial charge in [-0.1, -0.05) is 32.9 Å². The molecule has 0 spiro atoms. The van der Waals surface area contributed by atoms with Crippen molar-refractivity contribution in [3.63, 3.8) is 0 Å². The van der Waals surface area contributed by atoms with E-state index >= 15 is 0 Å². The summed E-state index contributed by atoms with van der Waals surface area (Å²) in [5.74, 6) is 2.01. The first-order valence-electron chi connectivity index (χ1n) is 7.43. The Balaban J connectivity index is 2.20. The molecule has 2 aromatic rings. The topological polar surface area (TPSA) is 42.4 Å². The van der Waals surface area contributed by atoms with Gasteiger partial charge in [-0.05, 0) is 48.6 Å². The van der Waals surface area contributed by atoms with Crippen LogP contribution in [0, 0.1) is 6.92 Å². The molecule has 21 heavy (non-hydrogen) atoms. The highest BCUT2D eigenvalue weighted by molar-refractivity contribution is 5.40. The number of rotatable bonds is 5.